The molecule has 3 aromatic rings. The lowest BCUT2D eigenvalue weighted by Gasteiger charge is -2.20. The third-order valence-corrected chi connectivity index (χ3v) is 6.75. The number of rotatable bonds is 5. The molecule has 3 aromatic carbocycles. The molecular formula is C23H22N2O5S. The second-order valence-electron chi connectivity index (χ2n) is 7.11. The highest BCUT2D eigenvalue weighted by atomic mass is 32.2. The van der Waals surface area contributed by atoms with Gasteiger partial charge in [0.1, 0.15) is 11.5 Å². The second-order valence-corrected chi connectivity index (χ2v) is 9.08. The lowest BCUT2D eigenvalue weighted by molar-refractivity contribution is 0.102. The first-order valence-electron chi connectivity index (χ1n) is 9.75. The van der Waals surface area contributed by atoms with Crippen LogP contribution in [-0.4, -0.2) is 28.0 Å². The maximum absolute atomic E-state index is 13.2. The molecule has 8 heteroatoms. The van der Waals surface area contributed by atoms with Gasteiger partial charge in [-0.1, -0.05) is 6.07 Å². The summed E-state index contributed by atoms with van der Waals surface area (Å²) in [5, 5.41) is 2.79. The first-order valence-corrected chi connectivity index (χ1v) is 11.2. The van der Waals surface area contributed by atoms with Gasteiger partial charge in [0.2, 0.25) is 0 Å². The summed E-state index contributed by atoms with van der Waals surface area (Å²) in [6, 6.07) is 16.5. The Morgan fingerprint density at radius 3 is 2.42 bits per heavy atom. The van der Waals surface area contributed by atoms with Crippen molar-refractivity contribution < 1.29 is 22.7 Å². The highest BCUT2D eigenvalue weighted by Crippen LogP contribution is 2.37. The first kappa shape index (κ1) is 20.7. The van der Waals surface area contributed by atoms with Crippen LogP contribution in [-0.2, 0) is 10.0 Å². The van der Waals surface area contributed by atoms with Gasteiger partial charge in [-0.25, -0.2) is 8.42 Å². The molecule has 7 nitrogen and oxygen atoms in total. The Morgan fingerprint density at radius 1 is 1.00 bits per heavy atom. The van der Waals surface area contributed by atoms with Crippen molar-refractivity contribution >= 4 is 27.3 Å². The van der Waals surface area contributed by atoms with Crippen molar-refractivity contribution in [3.05, 3.63) is 71.8 Å². The lowest BCUT2D eigenvalue weighted by Crippen LogP contribution is -2.26. The summed E-state index contributed by atoms with van der Waals surface area (Å²) in [5.74, 6) is 1.02. The standard InChI is InChI=1S/C23H22N2O5S/c1-4-29-17-8-6-16(7-9-17)25(3)31(27,28)18-10-12-21-19(14-18)23(26)24-20-13-15(2)5-11-22(20)30-21/h5-14H,4H2,1-3H3,(H,24,26). The molecule has 0 radical (unpaired) electrons. The predicted octanol–water partition coefficient (Wildman–Crippen LogP) is 4.58. The molecule has 0 saturated heterocycles. The number of amides is 1. The van der Waals surface area contributed by atoms with Crippen LogP contribution >= 0.6 is 0 Å². The maximum atomic E-state index is 13.2. The maximum Gasteiger partial charge on any atom is 0.264 e. The van der Waals surface area contributed by atoms with Gasteiger partial charge in [0.05, 0.1) is 28.4 Å². The van der Waals surface area contributed by atoms with Crippen molar-refractivity contribution in [3.8, 4) is 17.2 Å². The molecule has 0 atom stereocenters. The van der Waals surface area contributed by atoms with Crippen LogP contribution in [0.2, 0.25) is 0 Å². The quantitative estimate of drug-likeness (QED) is 0.630. The molecule has 0 saturated carbocycles. The monoisotopic (exact) mass is 438 g/mol. The third kappa shape index (κ3) is 3.94. The topological polar surface area (TPSA) is 84.9 Å². The number of carbonyl (C=O) groups is 1. The number of nitrogens with one attached hydrogen (secondary N) is 1. The fourth-order valence-electron chi connectivity index (χ4n) is 3.29. The number of fused-ring (bicyclic) bond motifs is 2. The molecule has 0 unspecified atom stereocenters. The smallest absolute Gasteiger partial charge is 0.264 e. The molecule has 0 spiro atoms. The van der Waals surface area contributed by atoms with Crippen molar-refractivity contribution in [1.82, 2.24) is 0 Å². The van der Waals surface area contributed by atoms with E-state index in [0.29, 0.717) is 35.2 Å². The highest BCUT2D eigenvalue weighted by molar-refractivity contribution is 7.92. The first-order chi connectivity index (χ1) is 14.8. The number of hydrogen-bond donors (Lipinski definition) is 1. The van der Waals surface area contributed by atoms with E-state index >= 15 is 0 Å². The average molecular weight is 439 g/mol. The Kier molecular flexibility index (Phi) is 5.32. The molecule has 31 heavy (non-hydrogen) atoms. The zero-order chi connectivity index (χ0) is 22.2. The van der Waals surface area contributed by atoms with Gasteiger partial charge in [-0.2, -0.15) is 0 Å². The van der Waals surface area contributed by atoms with Crippen LogP contribution < -0.4 is 19.1 Å². The van der Waals surface area contributed by atoms with Crippen LogP contribution in [0.15, 0.2) is 65.6 Å². The van der Waals surface area contributed by atoms with E-state index in [4.69, 9.17) is 9.47 Å². The van der Waals surface area contributed by atoms with E-state index in [1.807, 2.05) is 19.9 Å². The molecule has 4 rings (SSSR count). The number of anilines is 2. The molecule has 1 aliphatic heterocycles. The number of ether oxygens (including phenoxy) is 2. The van der Waals surface area contributed by atoms with Gasteiger partial charge in [-0.05, 0) is 74.0 Å². The Hall–Kier alpha value is -3.52. The molecular weight excluding hydrogens is 416 g/mol. The summed E-state index contributed by atoms with van der Waals surface area (Å²) in [7, 11) is -2.44. The van der Waals surface area contributed by atoms with E-state index < -0.39 is 15.9 Å². The molecule has 0 fully saturated rings. The van der Waals surface area contributed by atoms with Crippen LogP contribution in [0.25, 0.3) is 0 Å². The fraction of sp³-hybridized carbons (Fsp3) is 0.174. The average Bonchev–Trinajstić information content (AvgIpc) is 2.89. The molecule has 1 N–H and O–H groups in total. The minimum absolute atomic E-state index is 0.0106. The zero-order valence-corrected chi connectivity index (χ0v) is 18.2. The minimum Gasteiger partial charge on any atom is -0.494 e. The Bertz CT molecular complexity index is 1250. The number of sulfonamides is 1. The van der Waals surface area contributed by atoms with Crippen molar-refractivity contribution in [3.63, 3.8) is 0 Å². The second kappa shape index (κ2) is 7.96. The summed E-state index contributed by atoms with van der Waals surface area (Å²) < 4.78 is 38.9. The van der Waals surface area contributed by atoms with Gasteiger partial charge in [0.25, 0.3) is 15.9 Å². The highest BCUT2D eigenvalue weighted by Gasteiger charge is 2.27. The number of hydrogen-bond acceptors (Lipinski definition) is 5. The van der Waals surface area contributed by atoms with Crippen molar-refractivity contribution in [2.75, 3.05) is 23.3 Å². The third-order valence-electron chi connectivity index (χ3n) is 4.97. The Morgan fingerprint density at radius 2 is 1.71 bits per heavy atom. The van der Waals surface area contributed by atoms with E-state index in [1.54, 1.807) is 36.4 Å². The zero-order valence-electron chi connectivity index (χ0n) is 17.4. The molecule has 1 heterocycles. The van der Waals surface area contributed by atoms with E-state index in [9.17, 15) is 13.2 Å². The number of aryl methyl sites for hydroxylation is 1. The van der Waals surface area contributed by atoms with Crippen LogP contribution in [0.3, 0.4) is 0 Å². The van der Waals surface area contributed by atoms with Crippen LogP contribution in [0.4, 0.5) is 11.4 Å². The van der Waals surface area contributed by atoms with Crippen molar-refractivity contribution in [2.24, 2.45) is 0 Å². The molecule has 0 aliphatic carbocycles. The van der Waals surface area contributed by atoms with Gasteiger partial charge in [0, 0.05) is 7.05 Å². The summed E-state index contributed by atoms with van der Waals surface area (Å²) in [5.41, 5.74) is 2.13. The van der Waals surface area contributed by atoms with E-state index in [2.05, 4.69) is 5.32 Å². The Balaban J connectivity index is 1.67. The number of carbonyl (C=O) groups excluding carboxylic acids is 1. The summed E-state index contributed by atoms with van der Waals surface area (Å²) >= 11 is 0. The van der Waals surface area contributed by atoms with Gasteiger partial charge in [0.15, 0.2) is 5.75 Å². The molecule has 1 amide bonds. The lowest BCUT2D eigenvalue weighted by atomic mass is 10.2. The van der Waals surface area contributed by atoms with Gasteiger partial charge < -0.3 is 14.8 Å². The molecule has 0 bridgehead atoms. The normalized spacial score (nSPS) is 12.7. The van der Waals surface area contributed by atoms with Gasteiger partial charge in [-0.15, -0.1) is 0 Å². The molecule has 0 aromatic heterocycles. The van der Waals surface area contributed by atoms with Gasteiger partial charge in [-0.3, -0.25) is 9.10 Å². The van der Waals surface area contributed by atoms with Crippen molar-refractivity contribution in [2.45, 2.75) is 18.7 Å². The van der Waals surface area contributed by atoms with Crippen LogP contribution in [0, 0.1) is 6.92 Å². The summed E-state index contributed by atoms with van der Waals surface area (Å²) in [4.78, 5) is 12.8. The van der Waals surface area contributed by atoms with E-state index in [0.717, 1.165) is 9.87 Å². The fourth-order valence-corrected chi connectivity index (χ4v) is 4.51. The predicted molar refractivity (Wildman–Crippen MR) is 119 cm³/mol. The SMILES string of the molecule is CCOc1ccc(N(C)S(=O)(=O)c2ccc3c(c2)C(=O)Nc2cc(C)ccc2O3)cc1. The largest absolute Gasteiger partial charge is 0.494 e. The molecule has 1 aliphatic rings. The number of benzene rings is 3. The Labute approximate surface area is 181 Å². The molecule has 160 valence electrons. The minimum atomic E-state index is -3.90. The summed E-state index contributed by atoms with van der Waals surface area (Å²) in [6.45, 7) is 4.31. The van der Waals surface area contributed by atoms with Crippen LogP contribution in [0.1, 0.15) is 22.8 Å². The van der Waals surface area contributed by atoms with Gasteiger partial charge >= 0.3 is 0 Å². The van der Waals surface area contributed by atoms with E-state index in [1.165, 1.54) is 25.2 Å². The van der Waals surface area contributed by atoms with Crippen LogP contribution in [0.5, 0.6) is 17.2 Å². The van der Waals surface area contributed by atoms with E-state index in [-0.39, 0.29) is 10.5 Å². The summed E-state index contributed by atoms with van der Waals surface area (Å²) in [6.07, 6.45) is 0. The number of nitrogens with zero attached hydrogens (tertiary/aromatic N) is 1. The van der Waals surface area contributed by atoms with Crippen molar-refractivity contribution in [1.29, 1.82) is 0 Å².